The fraction of sp³-hybridized carbons (Fsp3) is 0.231. The number of nitrogens with one attached hydrogen (secondary N) is 3. The first kappa shape index (κ1) is 27.2. The summed E-state index contributed by atoms with van der Waals surface area (Å²) in [6.45, 7) is 5.24. The number of benzene rings is 2. The Morgan fingerprint density at radius 2 is 1.82 bits per heavy atom. The van der Waals surface area contributed by atoms with Crippen LogP contribution < -0.4 is 15.6 Å². The van der Waals surface area contributed by atoms with E-state index in [4.69, 9.17) is 0 Å². The summed E-state index contributed by atoms with van der Waals surface area (Å²) in [5, 5.41) is 14.4. The topological polar surface area (TPSA) is 158 Å². The van der Waals surface area contributed by atoms with Crippen LogP contribution in [0.25, 0.3) is 21.3 Å². The number of aromatic amines is 1. The number of carbonyl (C=O) groups is 2. The zero-order valence-corrected chi connectivity index (χ0v) is 22.4. The molecule has 4 N–H and O–H groups in total. The zero-order chi connectivity index (χ0) is 27.6. The normalized spacial score (nSPS) is 12.5. The molecule has 10 nitrogen and oxygen atoms in total. The summed E-state index contributed by atoms with van der Waals surface area (Å²) in [6.07, 6.45) is 0. The SMILES string of the molecule is Cc1csc2nc(C(=O)NCc3cccc(-c4ccc(S(=O)(=O)N[C@H](C(=O)O)C(C)C)cc4)c3)[nH]c(=O)c12. The van der Waals surface area contributed by atoms with E-state index in [0.29, 0.717) is 10.2 Å². The van der Waals surface area contributed by atoms with Crippen LogP contribution in [0.2, 0.25) is 0 Å². The van der Waals surface area contributed by atoms with E-state index in [1.165, 1.54) is 23.5 Å². The molecule has 12 heteroatoms. The van der Waals surface area contributed by atoms with Gasteiger partial charge in [-0.3, -0.25) is 14.4 Å². The van der Waals surface area contributed by atoms with Gasteiger partial charge in [0.1, 0.15) is 10.9 Å². The summed E-state index contributed by atoms with van der Waals surface area (Å²) in [7, 11) is -4.03. The third-order valence-corrected chi connectivity index (χ3v) is 8.38. The van der Waals surface area contributed by atoms with E-state index >= 15 is 0 Å². The maximum absolute atomic E-state index is 12.7. The van der Waals surface area contributed by atoms with Gasteiger partial charge in [0, 0.05) is 6.54 Å². The van der Waals surface area contributed by atoms with Crippen LogP contribution in [-0.2, 0) is 21.4 Å². The molecule has 0 fully saturated rings. The molecule has 0 aliphatic carbocycles. The van der Waals surface area contributed by atoms with E-state index in [9.17, 15) is 27.9 Å². The molecule has 0 unspecified atom stereocenters. The van der Waals surface area contributed by atoms with Crippen molar-refractivity contribution in [3.05, 3.63) is 81.2 Å². The molecule has 2 heterocycles. The van der Waals surface area contributed by atoms with E-state index in [0.717, 1.165) is 22.3 Å². The van der Waals surface area contributed by atoms with Crippen molar-refractivity contribution in [2.24, 2.45) is 5.92 Å². The standard InChI is InChI=1S/C26H26N4O6S2/c1-14(2)21(26(33)34)30-38(35,36)19-9-7-17(8-10-19)18-6-4-5-16(11-18)12-27-24(32)22-28-23(31)20-15(3)13-37-25(20)29-22/h4-11,13-14,21,30H,12H2,1-3H3,(H,27,32)(H,33,34)(H,28,29,31)/t21-/m0/s1. The molecule has 198 valence electrons. The van der Waals surface area contributed by atoms with Gasteiger partial charge in [0.2, 0.25) is 15.8 Å². The van der Waals surface area contributed by atoms with Crippen LogP contribution in [-0.4, -0.2) is 41.4 Å². The summed E-state index contributed by atoms with van der Waals surface area (Å²) >= 11 is 1.30. The number of hydrogen-bond acceptors (Lipinski definition) is 7. The van der Waals surface area contributed by atoms with Gasteiger partial charge in [-0.2, -0.15) is 4.72 Å². The second-order valence-electron chi connectivity index (χ2n) is 9.10. The summed E-state index contributed by atoms with van der Waals surface area (Å²) in [4.78, 5) is 43.6. The van der Waals surface area contributed by atoms with Crippen molar-refractivity contribution in [3.63, 3.8) is 0 Å². The van der Waals surface area contributed by atoms with Crippen molar-refractivity contribution in [1.82, 2.24) is 20.0 Å². The highest BCUT2D eigenvalue weighted by Crippen LogP contribution is 2.23. The van der Waals surface area contributed by atoms with Crippen LogP contribution in [0, 0.1) is 12.8 Å². The minimum Gasteiger partial charge on any atom is -0.480 e. The van der Waals surface area contributed by atoms with E-state index in [1.54, 1.807) is 26.0 Å². The molecule has 0 spiro atoms. The number of rotatable bonds is 9. The third-order valence-electron chi connectivity index (χ3n) is 5.94. The first-order chi connectivity index (χ1) is 18.0. The average molecular weight is 555 g/mol. The van der Waals surface area contributed by atoms with E-state index in [-0.39, 0.29) is 22.8 Å². The van der Waals surface area contributed by atoms with Crippen LogP contribution in [0.1, 0.15) is 35.6 Å². The van der Waals surface area contributed by atoms with Crippen molar-refractivity contribution in [2.75, 3.05) is 0 Å². The number of carboxylic acids is 1. The van der Waals surface area contributed by atoms with Gasteiger partial charge in [-0.25, -0.2) is 13.4 Å². The molecule has 1 atom stereocenters. The van der Waals surface area contributed by atoms with Crippen molar-refractivity contribution in [1.29, 1.82) is 0 Å². The number of H-pyrrole nitrogens is 1. The molecule has 4 aromatic rings. The Morgan fingerprint density at radius 1 is 1.11 bits per heavy atom. The molecule has 0 aliphatic rings. The number of carboxylic acid groups (broad SMARTS) is 1. The zero-order valence-electron chi connectivity index (χ0n) is 20.8. The van der Waals surface area contributed by atoms with Crippen LogP contribution in [0.5, 0.6) is 0 Å². The lowest BCUT2D eigenvalue weighted by Gasteiger charge is -2.18. The molecule has 1 amide bonds. The lowest BCUT2D eigenvalue weighted by molar-refractivity contribution is -0.140. The Morgan fingerprint density at radius 3 is 2.47 bits per heavy atom. The van der Waals surface area contributed by atoms with Gasteiger partial charge in [0.15, 0.2) is 0 Å². The molecule has 38 heavy (non-hydrogen) atoms. The molecule has 0 aliphatic heterocycles. The number of aliphatic carboxylic acids is 1. The summed E-state index contributed by atoms with van der Waals surface area (Å²) in [6, 6.07) is 12.2. The second-order valence-corrected chi connectivity index (χ2v) is 11.7. The molecule has 4 rings (SSSR count). The van der Waals surface area contributed by atoms with E-state index in [1.807, 2.05) is 36.6 Å². The van der Waals surface area contributed by atoms with Crippen LogP contribution in [0.4, 0.5) is 0 Å². The Labute approximate surface area is 222 Å². The van der Waals surface area contributed by atoms with Gasteiger partial charge in [-0.1, -0.05) is 44.2 Å². The Bertz CT molecular complexity index is 1670. The third kappa shape index (κ3) is 5.82. The first-order valence-electron chi connectivity index (χ1n) is 11.7. The largest absolute Gasteiger partial charge is 0.480 e. The van der Waals surface area contributed by atoms with Crippen LogP contribution >= 0.6 is 11.3 Å². The lowest BCUT2D eigenvalue weighted by atomic mass is 10.0. The predicted octanol–water partition coefficient (Wildman–Crippen LogP) is 3.28. The van der Waals surface area contributed by atoms with Crippen LogP contribution in [0.3, 0.4) is 0 Å². The maximum Gasteiger partial charge on any atom is 0.322 e. The van der Waals surface area contributed by atoms with Gasteiger partial charge in [-0.15, -0.1) is 11.3 Å². The molecular formula is C26H26N4O6S2. The molecule has 0 radical (unpaired) electrons. The van der Waals surface area contributed by atoms with Crippen molar-refractivity contribution in [3.8, 4) is 11.1 Å². The number of hydrogen-bond donors (Lipinski definition) is 4. The lowest BCUT2D eigenvalue weighted by Crippen LogP contribution is -2.44. The van der Waals surface area contributed by atoms with Crippen molar-refractivity contribution in [2.45, 2.75) is 38.3 Å². The number of carbonyl (C=O) groups excluding carboxylic acids is 1. The number of sulfonamides is 1. The summed E-state index contributed by atoms with van der Waals surface area (Å²) in [5.74, 6) is -2.24. The summed E-state index contributed by atoms with van der Waals surface area (Å²) < 4.78 is 27.6. The molecule has 0 bridgehead atoms. The molecule has 0 saturated carbocycles. The smallest absolute Gasteiger partial charge is 0.322 e. The number of thiophene rings is 1. The van der Waals surface area contributed by atoms with Gasteiger partial charge < -0.3 is 15.4 Å². The van der Waals surface area contributed by atoms with Gasteiger partial charge in [0.05, 0.1) is 10.3 Å². The molecule has 0 saturated heterocycles. The molecule has 2 aromatic carbocycles. The van der Waals surface area contributed by atoms with Gasteiger partial charge >= 0.3 is 5.97 Å². The Kier molecular flexibility index (Phi) is 7.76. The maximum atomic E-state index is 12.7. The second kappa shape index (κ2) is 10.9. The average Bonchev–Trinajstić information content (AvgIpc) is 3.26. The van der Waals surface area contributed by atoms with Gasteiger partial charge in [0.25, 0.3) is 11.5 Å². The predicted molar refractivity (Wildman–Crippen MR) is 145 cm³/mol. The highest BCUT2D eigenvalue weighted by molar-refractivity contribution is 7.89. The quantitative estimate of drug-likeness (QED) is 0.247. The first-order valence-corrected chi connectivity index (χ1v) is 14.0. The highest BCUT2D eigenvalue weighted by Gasteiger charge is 2.28. The number of amides is 1. The molecule has 2 aromatic heterocycles. The Balaban J connectivity index is 1.46. The fourth-order valence-corrected chi connectivity index (χ4v) is 6.12. The highest BCUT2D eigenvalue weighted by atomic mass is 32.2. The molecular weight excluding hydrogens is 528 g/mol. The summed E-state index contributed by atoms with van der Waals surface area (Å²) in [5.41, 5.74) is 2.76. The minimum atomic E-state index is -4.03. The minimum absolute atomic E-state index is 0.0454. The number of fused-ring (bicyclic) bond motifs is 1. The monoisotopic (exact) mass is 554 g/mol. The van der Waals surface area contributed by atoms with Crippen molar-refractivity contribution < 1.29 is 23.1 Å². The Hall–Kier alpha value is -3.87. The van der Waals surface area contributed by atoms with Crippen LogP contribution in [0.15, 0.2) is 63.6 Å². The van der Waals surface area contributed by atoms with Crippen molar-refractivity contribution >= 4 is 43.5 Å². The van der Waals surface area contributed by atoms with Gasteiger partial charge in [-0.05, 0) is 58.7 Å². The number of aryl methyl sites for hydroxylation is 1. The van der Waals surface area contributed by atoms with E-state index < -0.39 is 33.9 Å². The van der Waals surface area contributed by atoms with E-state index in [2.05, 4.69) is 20.0 Å². The number of aromatic nitrogens is 2. The number of nitrogens with zero attached hydrogens (tertiary/aromatic N) is 1. The fourth-order valence-electron chi connectivity index (χ4n) is 3.86.